The summed E-state index contributed by atoms with van der Waals surface area (Å²) in [4.78, 5) is 4.59. The molecule has 0 aliphatic heterocycles. The number of halogens is 2. The van der Waals surface area contributed by atoms with E-state index in [-0.39, 0.29) is 42.2 Å². The SMILES string of the molecule is CC1=C(c2cccc3cccnc23)C[C-]=C1c1ccccc1.[Cl-].[Cl-].[Cr+3]. The minimum absolute atomic E-state index is 0. The molecule has 0 bridgehead atoms. The van der Waals surface area contributed by atoms with Crippen LogP contribution in [0, 0.1) is 6.08 Å². The van der Waals surface area contributed by atoms with Gasteiger partial charge in [0.1, 0.15) is 0 Å². The van der Waals surface area contributed by atoms with E-state index in [9.17, 15) is 0 Å². The normalized spacial score (nSPS) is 12.8. The zero-order valence-electron chi connectivity index (χ0n) is 13.7. The Morgan fingerprint density at radius 2 is 1.60 bits per heavy atom. The Labute approximate surface area is 171 Å². The minimum atomic E-state index is 0. The molecule has 0 saturated carbocycles. The van der Waals surface area contributed by atoms with Crippen LogP contribution >= 0.6 is 0 Å². The maximum atomic E-state index is 4.59. The average molecular weight is 405 g/mol. The van der Waals surface area contributed by atoms with Gasteiger partial charge in [-0.15, -0.1) is 23.3 Å². The molecular weight excluding hydrogens is 389 g/mol. The van der Waals surface area contributed by atoms with E-state index in [0.717, 1.165) is 11.9 Å². The van der Waals surface area contributed by atoms with Gasteiger partial charge in [0, 0.05) is 11.6 Å². The molecule has 0 spiro atoms. The summed E-state index contributed by atoms with van der Waals surface area (Å²) in [6.45, 7) is 2.19. The van der Waals surface area contributed by atoms with Crippen molar-refractivity contribution in [2.75, 3.05) is 0 Å². The van der Waals surface area contributed by atoms with E-state index in [4.69, 9.17) is 0 Å². The summed E-state index contributed by atoms with van der Waals surface area (Å²) < 4.78 is 0. The van der Waals surface area contributed by atoms with Crippen molar-refractivity contribution in [2.45, 2.75) is 13.3 Å². The minimum Gasteiger partial charge on any atom is -1.00 e. The Kier molecular flexibility index (Phi) is 7.93. The van der Waals surface area contributed by atoms with E-state index < -0.39 is 0 Å². The van der Waals surface area contributed by atoms with Crippen LogP contribution in [0.3, 0.4) is 0 Å². The fraction of sp³-hybridized carbons (Fsp3) is 0.0952. The van der Waals surface area contributed by atoms with E-state index in [2.05, 4.69) is 66.5 Å². The van der Waals surface area contributed by atoms with E-state index in [0.29, 0.717) is 0 Å². The molecule has 1 heterocycles. The van der Waals surface area contributed by atoms with Gasteiger partial charge in [-0.05, 0) is 11.6 Å². The third-order valence-corrected chi connectivity index (χ3v) is 4.29. The van der Waals surface area contributed by atoms with Crippen molar-refractivity contribution in [1.82, 2.24) is 4.98 Å². The first kappa shape index (κ1) is 21.5. The number of fused-ring (bicyclic) bond motifs is 1. The number of nitrogens with zero attached hydrogens (tertiary/aromatic N) is 1. The Bertz CT molecular complexity index is 912. The first-order chi connectivity index (χ1) is 10.8. The van der Waals surface area contributed by atoms with Crippen molar-refractivity contribution >= 4 is 22.0 Å². The van der Waals surface area contributed by atoms with Crippen molar-refractivity contribution in [3.63, 3.8) is 0 Å². The molecule has 0 fully saturated rings. The zero-order valence-corrected chi connectivity index (χ0v) is 16.5. The number of benzene rings is 2. The number of rotatable bonds is 2. The topological polar surface area (TPSA) is 12.9 Å². The summed E-state index contributed by atoms with van der Waals surface area (Å²) in [5.41, 5.74) is 7.42. The van der Waals surface area contributed by atoms with Crippen LogP contribution in [0.4, 0.5) is 0 Å². The summed E-state index contributed by atoms with van der Waals surface area (Å²) >= 11 is 0. The third-order valence-electron chi connectivity index (χ3n) is 4.29. The van der Waals surface area contributed by atoms with E-state index in [1.807, 2.05) is 18.3 Å². The molecule has 1 aliphatic rings. The number of hydrogen-bond donors (Lipinski definition) is 0. The second-order valence-corrected chi connectivity index (χ2v) is 5.58. The average Bonchev–Trinajstić information content (AvgIpc) is 2.96. The Morgan fingerprint density at radius 3 is 2.36 bits per heavy atom. The number of hydrogen-bond acceptors (Lipinski definition) is 1. The van der Waals surface area contributed by atoms with Gasteiger partial charge in [0.15, 0.2) is 0 Å². The number of aromatic nitrogens is 1. The van der Waals surface area contributed by atoms with Crippen molar-refractivity contribution in [3.05, 3.63) is 89.6 Å². The standard InChI is InChI=1S/C21H16N.2ClH.Cr/c1-15-18(16-7-3-2-4-8-16)12-13-19(15)20-11-5-9-17-10-6-14-22-21(17)20;;;/h2-11,14H,13H2,1H3;2*1H;/q-1;;;+3/p-2. The van der Waals surface area contributed by atoms with Crippen LogP contribution in [0.2, 0.25) is 0 Å². The summed E-state index contributed by atoms with van der Waals surface area (Å²) in [7, 11) is 0. The molecule has 4 heteroatoms. The molecule has 1 aliphatic carbocycles. The monoisotopic (exact) mass is 404 g/mol. The maximum absolute atomic E-state index is 4.59. The van der Waals surface area contributed by atoms with Gasteiger partial charge in [-0.2, -0.15) is 11.6 Å². The van der Waals surface area contributed by atoms with Gasteiger partial charge in [-0.3, -0.25) is 4.98 Å². The van der Waals surface area contributed by atoms with Crippen LogP contribution in [-0.4, -0.2) is 4.98 Å². The van der Waals surface area contributed by atoms with Crippen LogP contribution in [0.25, 0.3) is 22.0 Å². The Morgan fingerprint density at radius 1 is 0.880 bits per heavy atom. The molecule has 0 amide bonds. The first-order valence-corrected chi connectivity index (χ1v) is 7.55. The van der Waals surface area contributed by atoms with Gasteiger partial charge in [-0.25, -0.2) is 0 Å². The second-order valence-electron chi connectivity index (χ2n) is 5.58. The van der Waals surface area contributed by atoms with Crippen molar-refractivity contribution in [2.24, 2.45) is 0 Å². The van der Waals surface area contributed by atoms with Crippen LogP contribution in [0.1, 0.15) is 24.5 Å². The van der Waals surface area contributed by atoms with Crippen molar-refractivity contribution < 1.29 is 42.2 Å². The molecule has 1 aromatic heterocycles. The fourth-order valence-corrected chi connectivity index (χ4v) is 3.16. The second kappa shape index (κ2) is 9.23. The molecule has 2 aromatic carbocycles. The quantitative estimate of drug-likeness (QED) is 0.515. The molecule has 0 unspecified atom stereocenters. The smallest absolute Gasteiger partial charge is 1.00 e. The largest absolute Gasteiger partial charge is 3.00 e. The number of pyridine rings is 1. The molecule has 0 N–H and O–H groups in total. The molecule has 0 atom stereocenters. The summed E-state index contributed by atoms with van der Waals surface area (Å²) in [5, 5.41) is 1.19. The third kappa shape index (κ3) is 4.00. The van der Waals surface area contributed by atoms with Crippen LogP contribution in [0.15, 0.2) is 72.4 Å². The number of para-hydroxylation sites is 1. The Hall–Kier alpha value is -1.56. The van der Waals surface area contributed by atoms with Crippen molar-refractivity contribution in [1.29, 1.82) is 0 Å². The van der Waals surface area contributed by atoms with Crippen LogP contribution in [-0.2, 0) is 17.4 Å². The zero-order chi connectivity index (χ0) is 14.9. The number of allylic oxidation sites excluding steroid dienone is 4. The molecular formula is C21H16Cl2CrN. The van der Waals surface area contributed by atoms with Gasteiger partial charge in [-0.1, -0.05) is 61.4 Å². The van der Waals surface area contributed by atoms with Gasteiger partial charge < -0.3 is 24.8 Å². The maximum Gasteiger partial charge on any atom is 3.00 e. The van der Waals surface area contributed by atoms with E-state index in [1.165, 1.54) is 33.2 Å². The van der Waals surface area contributed by atoms with Gasteiger partial charge in [0.2, 0.25) is 0 Å². The van der Waals surface area contributed by atoms with Gasteiger partial charge in [0.05, 0.1) is 5.52 Å². The summed E-state index contributed by atoms with van der Waals surface area (Å²) in [5.74, 6) is 0. The molecule has 3 aromatic rings. The predicted octanol–water partition coefficient (Wildman–Crippen LogP) is -0.696. The Balaban J connectivity index is 0.00000104. The van der Waals surface area contributed by atoms with E-state index >= 15 is 0 Å². The van der Waals surface area contributed by atoms with Crippen LogP contribution in [0.5, 0.6) is 0 Å². The molecule has 4 rings (SSSR count). The molecule has 1 nitrogen and oxygen atoms in total. The fourth-order valence-electron chi connectivity index (χ4n) is 3.16. The molecule has 25 heavy (non-hydrogen) atoms. The first-order valence-electron chi connectivity index (χ1n) is 7.55. The van der Waals surface area contributed by atoms with Gasteiger partial charge >= 0.3 is 17.4 Å². The summed E-state index contributed by atoms with van der Waals surface area (Å²) in [6.07, 6.45) is 6.27. The van der Waals surface area contributed by atoms with Gasteiger partial charge in [0.25, 0.3) is 0 Å². The van der Waals surface area contributed by atoms with Crippen molar-refractivity contribution in [3.8, 4) is 0 Å². The molecule has 1 radical (unpaired) electrons. The summed E-state index contributed by atoms with van der Waals surface area (Å²) in [6, 6.07) is 21.0. The molecule has 125 valence electrons. The van der Waals surface area contributed by atoms with Crippen LogP contribution < -0.4 is 24.8 Å². The van der Waals surface area contributed by atoms with E-state index in [1.54, 1.807) is 0 Å². The molecule has 0 saturated heterocycles. The predicted molar refractivity (Wildman–Crippen MR) is 92.0 cm³/mol.